The Bertz CT molecular complexity index is 449. The standard InChI is InChI=1S/C19H37N5O2/c1-4-26-19(25)24-15-13-23(14-16-24)18(20-3)21-10-6-8-12-22-11-7-5-9-17(22)2/h17H,4-16H2,1-3H3,(H,20,21). The third-order valence-electron chi connectivity index (χ3n) is 5.41. The summed E-state index contributed by atoms with van der Waals surface area (Å²) >= 11 is 0. The Labute approximate surface area is 158 Å². The summed E-state index contributed by atoms with van der Waals surface area (Å²) in [5, 5.41) is 3.48. The Kier molecular flexibility index (Phi) is 9.01. The van der Waals surface area contributed by atoms with Gasteiger partial charge in [0.1, 0.15) is 0 Å². The Morgan fingerprint density at radius 1 is 1.12 bits per heavy atom. The van der Waals surface area contributed by atoms with Gasteiger partial charge in [-0.25, -0.2) is 4.79 Å². The predicted molar refractivity (Wildman–Crippen MR) is 106 cm³/mol. The molecule has 0 aromatic rings. The highest BCUT2D eigenvalue weighted by molar-refractivity contribution is 5.80. The lowest BCUT2D eigenvalue weighted by Gasteiger charge is -2.36. The number of rotatable bonds is 6. The summed E-state index contributed by atoms with van der Waals surface area (Å²) in [7, 11) is 1.83. The predicted octanol–water partition coefficient (Wildman–Crippen LogP) is 1.99. The minimum absolute atomic E-state index is 0.206. The molecule has 1 N–H and O–H groups in total. The van der Waals surface area contributed by atoms with E-state index in [1.807, 2.05) is 14.0 Å². The largest absolute Gasteiger partial charge is 0.450 e. The number of hydrogen-bond donors (Lipinski definition) is 1. The molecule has 2 aliphatic rings. The fourth-order valence-electron chi connectivity index (χ4n) is 3.78. The quantitative estimate of drug-likeness (QED) is 0.442. The highest BCUT2D eigenvalue weighted by Crippen LogP contribution is 2.16. The van der Waals surface area contributed by atoms with Gasteiger partial charge in [0.05, 0.1) is 6.61 Å². The van der Waals surface area contributed by atoms with Crippen LogP contribution in [-0.2, 0) is 4.74 Å². The van der Waals surface area contributed by atoms with Crippen LogP contribution in [0.15, 0.2) is 4.99 Å². The van der Waals surface area contributed by atoms with E-state index in [9.17, 15) is 4.79 Å². The number of nitrogens with one attached hydrogen (secondary N) is 1. The number of carbonyl (C=O) groups is 1. The monoisotopic (exact) mass is 367 g/mol. The molecular formula is C19H37N5O2. The Balaban J connectivity index is 1.61. The average Bonchev–Trinajstić information content (AvgIpc) is 2.66. The summed E-state index contributed by atoms with van der Waals surface area (Å²) in [6.45, 7) is 11.0. The van der Waals surface area contributed by atoms with E-state index in [0.29, 0.717) is 19.7 Å². The van der Waals surface area contributed by atoms with Gasteiger partial charge in [0, 0.05) is 45.8 Å². The molecule has 1 amide bonds. The van der Waals surface area contributed by atoms with Gasteiger partial charge < -0.3 is 24.8 Å². The van der Waals surface area contributed by atoms with Gasteiger partial charge in [-0.15, -0.1) is 0 Å². The zero-order valence-electron chi connectivity index (χ0n) is 16.9. The average molecular weight is 368 g/mol. The van der Waals surface area contributed by atoms with Crippen molar-refractivity contribution in [3.63, 3.8) is 0 Å². The van der Waals surface area contributed by atoms with E-state index in [0.717, 1.165) is 38.1 Å². The summed E-state index contributed by atoms with van der Waals surface area (Å²) in [5.74, 6) is 0.944. The Morgan fingerprint density at radius 3 is 2.50 bits per heavy atom. The van der Waals surface area contributed by atoms with Gasteiger partial charge >= 0.3 is 6.09 Å². The van der Waals surface area contributed by atoms with Crippen molar-refractivity contribution in [2.24, 2.45) is 4.99 Å². The Morgan fingerprint density at radius 2 is 1.85 bits per heavy atom. The fraction of sp³-hybridized carbons (Fsp3) is 0.895. The molecule has 7 heteroatoms. The lowest BCUT2D eigenvalue weighted by molar-refractivity contribution is 0.0914. The molecule has 26 heavy (non-hydrogen) atoms. The van der Waals surface area contributed by atoms with Crippen molar-refractivity contribution in [1.82, 2.24) is 20.0 Å². The van der Waals surface area contributed by atoms with E-state index in [1.165, 1.54) is 38.8 Å². The summed E-state index contributed by atoms with van der Waals surface area (Å²) < 4.78 is 5.07. The summed E-state index contributed by atoms with van der Waals surface area (Å²) in [4.78, 5) is 22.8. The number of unbranched alkanes of at least 4 members (excludes halogenated alkanes) is 1. The first-order valence-corrected chi connectivity index (χ1v) is 10.3. The van der Waals surface area contributed by atoms with Crippen LogP contribution >= 0.6 is 0 Å². The van der Waals surface area contributed by atoms with Gasteiger partial charge in [0.2, 0.25) is 0 Å². The number of likely N-dealkylation sites (tertiary alicyclic amines) is 1. The zero-order chi connectivity index (χ0) is 18.8. The molecule has 2 saturated heterocycles. The van der Waals surface area contributed by atoms with Crippen molar-refractivity contribution < 1.29 is 9.53 Å². The molecule has 1 atom stereocenters. The second-order valence-corrected chi connectivity index (χ2v) is 7.23. The Hall–Kier alpha value is -1.50. The number of ether oxygens (including phenoxy) is 1. The number of aliphatic imine (C=N–C) groups is 1. The van der Waals surface area contributed by atoms with Crippen LogP contribution in [0.5, 0.6) is 0 Å². The molecule has 0 spiro atoms. The minimum Gasteiger partial charge on any atom is -0.450 e. The maximum Gasteiger partial charge on any atom is 0.409 e. The molecule has 2 heterocycles. The van der Waals surface area contributed by atoms with Crippen LogP contribution in [0.2, 0.25) is 0 Å². The smallest absolute Gasteiger partial charge is 0.409 e. The summed E-state index contributed by atoms with van der Waals surface area (Å²) in [6, 6.07) is 0.750. The maximum absolute atomic E-state index is 11.8. The van der Waals surface area contributed by atoms with Gasteiger partial charge in [-0.2, -0.15) is 0 Å². The van der Waals surface area contributed by atoms with Crippen molar-refractivity contribution in [2.75, 3.05) is 59.5 Å². The summed E-state index contributed by atoms with van der Waals surface area (Å²) in [6.07, 6.45) is 6.27. The third-order valence-corrected chi connectivity index (χ3v) is 5.41. The number of amides is 1. The molecule has 2 rings (SSSR count). The fourth-order valence-corrected chi connectivity index (χ4v) is 3.78. The first-order valence-electron chi connectivity index (χ1n) is 10.3. The van der Waals surface area contributed by atoms with Gasteiger partial charge in [0.15, 0.2) is 5.96 Å². The minimum atomic E-state index is -0.206. The molecule has 0 aromatic carbocycles. The topological polar surface area (TPSA) is 60.4 Å². The van der Waals surface area contributed by atoms with Crippen molar-refractivity contribution in [3.05, 3.63) is 0 Å². The number of hydrogen-bond acceptors (Lipinski definition) is 4. The second-order valence-electron chi connectivity index (χ2n) is 7.23. The third kappa shape index (κ3) is 6.34. The van der Waals surface area contributed by atoms with Crippen LogP contribution < -0.4 is 5.32 Å². The van der Waals surface area contributed by atoms with Crippen LogP contribution in [0.1, 0.15) is 46.0 Å². The molecule has 0 aliphatic carbocycles. The highest BCUT2D eigenvalue weighted by atomic mass is 16.6. The molecule has 2 aliphatic heterocycles. The molecule has 7 nitrogen and oxygen atoms in total. The van der Waals surface area contributed by atoms with E-state index in [4.69, 9.17) is 4.74 Å². The van der Waals surface area contributed by atoms with Crippen molar-refractivity contribution in [3.8, 4) is 0 Å². The number of piperidine rings is 1. The number of piperazine rings is 1. The van der Waals surface area contributed by atoms with Crippen LogP contribution in [0, 0.1) is 0 Å². The summed E-state index contributed by atoms with van der Waals surface area (Å²) in [5.41, 5.74) is 0. The molecule has 150 valence electrons. The van der Waals surface area contributed by atoms with Gasteiger partial charge in [-0.3, -0.25) is 4.99 Å². The van der Waals surface area contributed by atoms with Crippen molar-refractivity contribution >= 4 is 12.1 Å². The lowest BCUT2D eigenvalue weighted by Crippen LogP contribution is -2.54. The lowest BCUT2D eigenvalue weighted by atomic mass is 10.0. The number of guanidine groups is 1. The van der Waals surface area contributed by atoms with E-state index < -0.39 is 0 Å². The van der Waals surface area contributed by atoms with Gasteiger partial charge in [-0.05, 0) is 52.6 Å². The maximum atomic E-state index is 11.8. The van der Waals surface area contributed by atoms with Crippen LogP contribution in [0.3, 0.4) is 0 Å². The molecule has 0 bridgehead atoms. The van der Waals surface area contributed by atoms with Crippen LogP contribution in [0.4, 0.5) is 4.79 Å². The highest BCUT2D eigenvalue weighted by Gasteiger charge is 2.23. The first-order chi connectivity index (χ1) is 12.7. The van der Waals surface area contributed by atoms with Crippen molar-refractivity contribution in [1.29, 1.82) is 0 Å². The van der Waals surface area contributed by atoms with E-state index >= 15 is 0 Å². The molecule has 0 saturated carbocycles. The number of carbonyl (C=O) groups excluding carboxylic acids is 1. The zero-order valence-corrected chi connectivity index (χ0v) is 16.9. The first kappa shape index (κ1) is 20.8. The normalized spacial score (nSPS) is 22.4. The van der Waals surface area contributed by atoms with E-state index in [1.54, 1.807) is 4.90 Å². The molecular weight excluding hydrogens is 330 g/mol. The SMILES string of the molecule is CCOC(=O)N1CCN(C(=NC)NCCCCN2CCCCC2C)CC1. The second kappa shape index (κ2) is 11.3. The van der Waals surface area contributed by atoms with Gasteiger partial charge in [-0.1, -0.05) is 6.42 Å². The van der Waals surface area contributed by atoms with E-state index in [2.05, 4.69) is 27.0 Å². The van der Waals surface area contributed by atoms with E-state index in [-0.39, 0.29) is 6.09 Å². The molecule has 2 fully saturated rings. The molecule has 0 radical (unpaired) electrons. The molecule has 0 aromatic heterocycles. The van der Waals surface area contributed by atoms with Gasteiger partial charge in [0.25, 0.3) is 0 Å². The molecule has 1 unspecified atom stereocenters. The van der Waals surface area contributed by atoms with Crippen LogP contribution in [0.25, 0.3) is 0 Å². The van der Waals surface area contributed by atoms with Crippen LogP contribution in [-0.4, -0.2) is 92.3 Å². The van der Waals surface area contributed by atoms with Crippen molar-refractivity contribution in [2.45, 2.75) is 52.0 Å². The number of nitrogens with zero attached hydrogens (tertiary/aromatic N) is 4.